The van der Waals surface area contributed by atoms with Crippen LogP contribution in [0.5, 0.6) is 5.75 Å². The molecule has 0 aliphatic carbocycles. The van der Waals surface area contributed by atoms with Crippen LogP contribution in [0.4, 0.5) is 10.6 Å². The number of hydrogen-bond acceptors (Lipinski definition) is 5. The number of carbonyl (C=O) groups is 1. The summed E-state index contributed by atoms with van der Waals surface area (Å²) in [6.45, 7) is 3.56. The highest BCUT2D eigenvalue weighted by atomic mass is 16.6. The van der Waals surface area contributed by atoms with Gasteiger partial charge in [-0.2, -0.15) is 0 Å². The van der Waals surface area contributed by atoms with Gasteiger partial charge in [-0.15, -0.1) is 0 Å². The SMILES string of the molecule is COc1ccc(-c2ccccc2)c2ncc(NC(=O)OC(C)C)nc12. The lowest BCUT2D eigenvalue weighted by Crippen LogP contribution is -2.18. The molecule has 0 saturated carbocycles. The monoisotopic (exact) mass is 337 g/mol. The van der Waals surface area contributed by atoms with E-state index >= 15 is 0 Å². The van der Waals surface area contributed by atoms with E-state index in [9.17, 15) is 4.79 Å². The summed E-state index contributed by atoms with van der Waals surface area (Å²) in [6.07, 6.45) is 0.727. The van der Waals surface area contributed by atoms with E-state index in [4.69, 9.17) is 9.47 Å². The third kappa shape index (κ3) is 3.68. The minimum atomic E-state index is -0.568. The van der Waals surface area contributed by atoms with Crippen molar-refractivity contribution in [3.05, 3.63) is 48.7 Å². The lowest BCUT2D eigenvalue weighted by atomic mass is 10.0. The Bertz CT molecular complexity index is 895. The van der Waals surface area contributed by atoms with E-state index < -0.39 is 6.09 Å². The molecule has 1 aromatic heterocycles. The van der Waals surface area contributed by atoms with Crippen LogP contribution < -0.4 is 10.1 Å². The molecular formula is C19H19N3O3. The maximum atomic E-state index is 11.8. The van der Waals surface area contributed by atoms with Crippen LogP contribution in [0.3, 0.4) is 0 Å². The van der Waals surface area contributed by atoms with Gasteiger partial charge in [0.15, 0.2) is 5.82 Å². The van der Waals surface area contributed by atoms with E-state index in [-0.39, 0.29) is 6.10 Å². The molecule has 0 unspecified atom stereocenters. The number of ether oxygens (including phenoxy) is 2. The van der Waals surface area contributed by atoms with Crippen LogP contribution in [-0.2, 0) is 4.74 Å². The van der Waals surface area contributed by atoms with Crippen molar-refractivity contribution in [1.82, 2.24) is 9.97 Å². The van der Waals surface area contributed by atoms with Crippen LogP contribution in [0.2, 0.25) is 0 Å². The Morgan fingerprint density at radius 3 is 2.52 bits per heavy atom. The number of benzene rings is 2. The molecule has 6 heteroatoms. The fourth-order valence-electron chi connectivity index (χ4n) is 2.50. The van der Waals surface area contributed by atoms with Gasteiger partial charge in [0.2, 0.25) is 0 Å². The number of methoxy groups -OCH3 is 1. The Kier molecular flexibility index (Phi) is 4.79. The number of aromatic nitrogens is 2. The molecule has 1 heterocycles. The van der Waals surface area contributed by atoms with Crippen LogP contribution in [0, 0.1) is 0 Å². The van der Waals surface area contributed by atoms with Gasteiger partial charge in [0.05, 0.1) is 19.4 Å². The summed E-state index contributed by atoms with van der Waals surface area (Å²) >= 11 is 0. The Labute approximate surface area is 145 Å². The van der Waals surface area contributed by atoms with Gasteiger partial charge in [-0.1, -0.05) is 30.3 Å². The zero-order valence-corrected chi connectivity index (χ0v) is 14.3. The Morgan fingerprint density at radius 1 is 1.08 bits per heavy atom. The van der Waals surface area contributed by atoms with E-state index in [1.807, 2.05) is 42.5 Å². The third-order valence-electron chi connectivity index (χ3n) is 3.54. The highest BCUT2D eigenvalue weighted by Crippen LogP contribution is 2.32. The van der Waals surface area contributed by atoms with Crippen molar-refractivity contribution in [2.75, 3.05) is 12.4 Å². The van der Waals surface area contributed by atoms with E-state index in [1.54, 1.807) is 21.0 Å². The Hall–Kier alpha value is -3.15. The molecule has 25 heavy (non-hydrogen) atoms. The van der Waals surface area contributed by atoms with E-state index in [0.717, 1.165) is 11.1 Å². The molecule has 6 nitrogen and oxygen atoms in total. The average Bonchev–Trinajstić information content (AvgIpc) is 2.60. The minimum absolute atomic E-state index is 0.215. The number of carbonyl (C=O) groups excluding carboxylic acids is 1. The summed E-state index contributed by atoms with van der Waals surface area (Å²) in [7, 11) is 1.58. The lowest BCUT2D eigenvalue weighted by molar-refractivity contribution is 0.130. The van der Waals surface area contributed by atoms with Gasteiger partial charge in [0, 0.05) is 5.56 Å². The van der Waals surface area contributed by atoms with Gasteiger partial charge in [-0.25, -0.2) is 14.8 Å². The van der Waals surface area contributed by atoms with Crippen LogP contribution >= 0.6 is 0 Å². The molecule has 0 spiro atoms. The molecule has 2 aromatic carbocycles. The molecule has 0 fully saturated rings. The number of anilines is 1. The molecule has 1 amide bonds. The second kappa shape index (κ2) is 7.17. The highest BCUT2D eigenvalue weighted by molar-refractivity contribution is 5.96. The topological polar surface area (TPSA) is 73.3 Å². The van der Waals surface area contributed by atoms with Gasteiger partial charge in [0.25, 0.3) is 0 Å². The zero-order chi connectivity index (χ0) is 17.8. The maximum absolute atomic E-state index is 11.8. The quantitative estimate of drug-likeness (QED) is 0.770. The first-order valence-electron chi connectivity index (χ1n) is 7.95. The van der Waals surface area contributed by atoms with Crippen LogP contribution in [0.1, 0.15) is 13.8 Å². The standard InChI is InChI=1S/C19H19N3O3/c1-12(2)25-19(23)22-16-11-20-17-14(13-7-5-4-6-8-13)9-10-15(24-3)18(17)21-16/h4-12H,1-3H3,(H,21,22,23). The Morgan fingerprint density at radius 2 is 1.84 bits per heavy atom. The Balaban J connectivity index is 2.05. The minimum Gasteiger partial charge on any atom is -0.494 e. The third-order valence-corrected chi connectivity index (χ3v) is 3.54. The first-order valence-corrected chi connectivity index (χ1v) is 7.95. The second-order valence-corrected chi connectivity index (χ2v) is 5.71. The summed E-state index contributed by atoms with van der Waals surface area (Å²) in [5.74, 6) is 0.893. The van der Waals surface area contributed by atoms with Gasteiger partial charge < -0.3 is 9.47 Å². The van der Waals surface area contributed by atoms with Crippen LogP contribution in [0.15, 0.2) is 48.7 Å². The molecule has 128 valence electrons. The zero-order valence-electron chi connectivity index (χ0n) is 14.3. The smallest absolute Gasteiger partial charge is 0.413 e. The predicted molar refractivity (Wildman–Crippen MR) is 96.8 cm³/mol. The molecule has 0 radical (unpaired) electrons. The highest BCUT2D eigenvalue weighted by Gasteiger charge is 2.13. The number of nitrogens with zero attached hydrogens (tertiary/aromatic N) is 2. The molecule has 0 atom stereocenters. The van der Waals surface area contributed by atoms with E-state index in [1.165, 1.54) is 6.20 Å². The van der Waals surface area contributed by atoms with Crippen LogP contribution in [-0.4, -0.2) is 29.3 Å². The summed E-state index contributed by atoms with van der Waals surface area (Å²) in [5.41, 5.74) is 3.25. The van der Waals surface area contributed by atoms with E-state index in [2.05, 4.69) is 15.3 Å². The summed E-state index contributed by atoms with van der Waals surface area (Å²) in [4.78, 5) is 20.7. The normalized spacial score (nSPS) is 10.7. The largest absolute Gasteiger partial charge is 0.494 e. The number of rotatable bonds is 4. The fraction of sp³-hybridized carbons (Fsp3) is 0.211. The van der Waals surface area contributed by atoms with Gasteiger partial charge in [-0.3, -0.25) is 5.32 Å². The number of nitrogens with one attached hydrogen (secondary N) is 1. The summed E-state index contributed by atoms with van der Waals surface area (Å²) < 4.78 is 10.5. The average molecular weight is 337 g/mol. The summed E-state index contributed by atoms with van der Waals surface area (Å²) in [5, 5.41) is 2.59. The van der Waals surface area contributed by atoms with Crippen molar-refractivity contribution in [2.45, 2.75) is 20.0 Å². The maximum Gasteiger partial charge on any atom is 0.413 e. The fourth-order valence-corrected chi connectivity index (χ4v) is 2.50. The lowest BCUT2D eigenvalue weighted by Gasteiger charge is -2.12. The van der Waals surface area contributed by atoms with Gasteiger partial charge in [-0.05, 0) is 31.5 Å². The molecular weight excluding hydrogens is 318 g/mol. The van der Waals surface area contributed by atoms with Crippen molar-refractivity contribution < 1.29 is 14.3 Å². The molecule has 3 rings (SSSR count). The van der Waals surface area contributed by atoms with Crippen LogP contribution in [0.25, 0.3) is 22.2 Å². The number of amides is 1. The number of fused-ring (bicyclic) bond motifs is 1. The first kappa shape index (κ1) is 16.7. The predicted octanol–water partition coefficient (Wildman–Crippen LogP) is 4.26. The van der Waals surface area contributed by atoms with E-state index in [0.29, 0.717) is 22.6 Å². The van der Waals surface area contributed by atoms with Crippen molar-refractivity contribution in [2.24, 2.45) is 0 Å². The molecule has 0 aliphatic rings. The molecule has 0 saturated heterocycles. The van der Waals surface area contributed by atoms with Gasteiger partial charge >= 0.3 is 6.09 Å². The van der Waals surface area contributed by atoms with Crippen molar-refractivity contribution in [3.63, 3.8) is 0 Å². The number of hydrogen-bond donors (Lipinski definition) is 1. The van der Waals surface area contributed by atoms with Crippen molar-refractivity contribution in [1.29, 1.82) is 0 Å². The van der Waals surface area contributed by atoms with Crippen molar-refractivity contribution >= 4 is 22.9 Å². The van der Waals surface area contributed by atoms with Crippen molar-refractivity contribution in [3.8, 4) is 16.9 Å². The molecule has 0 bridgehead atoms. The van der Waals surface area contributed by atoms with Gasteiger partial charge in [0.1, 0.15) is 16.8 Å². The molecule has 3 aromatic rings. The summed E-state index contributed by atoms with van der Waals surface area (Å²) in [6, 6.07) is 13.7. The first-order chi connectivity index (χ1) is 12.1. The molecule has 0 aliphatic heterocycles. The molecule has 1 N–H and O–H groups in total. The second-order valence-electron chi connectivity index (χ2n) is 5.71.